The van der Waals surface area contributed by atoms with E-state index in [4.69, 9.17) is 5.11 Å². The molecule has 1 aromatic heterocycles. The molecule has 0 aromatic carbocycles. The van der Waals surface area contributed by atoms with Gasteiger partial charge in [-0.1, -0.05) is 13.8 Å². The number of aromatic nitrogens is 1. The van der Waals surface area contributed by atoms with Crippen molar-refractivity contribution in [2.45, 2.75) is 19.9 Å². The summed E-state index contributed by atoms with van der Waals surface area (Å²) in [6.07, 6.45) is 1.52. The summed E-state index contributed by atoms with van der Waals surface area (Å²) in [6, 6.07) is 1.92. The SMILES string of the molecule is CC(C)C(NC(=O)c1cccn(C)c1=O)C(=O)O. The number of carboxylic acid groups (broad SMARTS) is 1. The standard InChI is InChI=1S/C12H16N2O4/c1-7(2)9(12(17)18)13-10(15)8-5-4-6-14(3)11(8)16/h4-7,9H,1-3H3,(H,13,15)(H,17,18). The molecule has 0 saturated heterocycles. The minimum Gasteiger partial charge on any atom is -0.480 e. The zero-order chi connectivity index (χ0) is 13.9. The third kappa shape index (κ3) is 2.97. The average Bonchev–Trinajstić information content (AvgIpc) is 2.28. The number of rotatable bonds is 4. The van der Waals surface area contributed by atoms with Gasteiger partial charge in [-0.05, 0) is 18.1 Å². The first-order valence-corrected chi connectivity index (χ1v) is 5.54. The molecule has 0 saturated carbocycles. The number of hydrogen-bond donors (Lipinski definition) is 2. The van der Waals surface area contributed by atoms with Crippen molar-refractivity contribution in [2.75, 3.05) is 0 Å². The Kier molecular flexibility index (Phi) is 4.25. The first-order valence-electron chi connectivity index (χ1n) is 5.54. The van der Waals surface area contributed by atoms with Crippen LogP contribution in [-0.4, -0.2) is 27.6 Å². The molecule has 0 radical (unpaired) electrons. The molecular weight excluding hydrogens is 236 g/mol. The van der Waals surface area contributed by atoms with Crippen LogP contribution in [0.1, 0.15) is 24.2 Å². The van der Waals surface area contributed by atoms with E-state index in [1.165, 1.54) is 23.9 Å². The van der Waals surface area contributed by atoms with Crippen molar-refractivity contribution in [1.82, 2.24) is 9.88 Å². The van der Waals surface area contributed by atoms with E-state index in [1.54, 1.807) is 19.9 Å². The van der Waals surface area contributed by atoms with Gasteiger partial charge in [0.15, 0.2) is 0 Å². The van der Waals surface area contributed by atoms with Gasteiger partial charge in [-0.15, -0.1) is 0 Å². The highest BCUT2D eigenvalue weighted by molar-refractivity contribution is 5.96. The third-order valence-corrected chi connectivity index (χ3v) is 2.59. The number of nitrogens with one attached hydrogen (secondary N) is 1. The maximum Gasteiger partial charge on any atom is 0.326 e. The number of aryl methyl sites for hydroxylation is 1. The molecule has 1 rings (SSSR count). The van der Waals surface area contributed by atoms with Crippen molar-refractivity contribution in [3.63, 3.8) is 0 Å². The molecule has 6 nitrogen and oxygen atoms in total. The molecule has 6 heteroatoms. The lowest BCUT2D eigenvalue weighted by atomic mass is 10.0. The summed E-state index contributed by atoms with van der Waals surface area (Å²) < 4.78 is 1.26. The molecule has 0 spiro atoms. The summed E-state index contributed by atoms with van der Waals surface area (Å²) in [5, 5.41) is 11.3. The molecular formula is C12H16N2O4. The highest BCUT2D eigenvalue weighted by Gasteiger charge is 2.24. The van der Waals surface area contributed by atoms with Crippen molar-refractivity contribution >= 4 is 11.9 Å². The number of carbonyl (C=O) groups excluding carboxylic acids is 1. The van der Waals surface area contributed by atoms with Crippen LogP contribution in [0.3, 0.4) is 0 Å². The Hall–Kier alpha value is -2.11. The van der Waals surface area contributed by atoms with Gasteiger partial charge in [-0.3, -0.25) is 9.59 Å². The summed E-state index contributed by atoms with van der Waals surface area (Å²) >= 11 is 0. The summed E-state index contributed by atoms with van der Waals surface area (Å²) in [5.74, 6) is -2.05. The van der Waals surface area contributed by atoms with Crippen molar-refractivity contribution in [3.8, 4) is 0 Å². The van der Waals surface area contributed by atoms with Gasteiger partial charge in [0.2, 0.25) is 0 Å². The van der Waals surface area contributed by atoms with Crippen LogP contribution in [0.25, 0.3) is 0 Å². The van der Waals surface area contributed by atoms with Gasteiger partial charge in [0.05, 0.1) is 0 Å². The Bertz CT molecular complexity index is 519. The number of nitrogens with zero attached hydrogens (tertiary/aromatic N) is 1. The van der Waals surface area contributed by atoms with Crippen LogP contribution >= 0.6 is 0 Å². The van der Waals surface area contributed by atoms with Crippen LogP contribution in [0.4, 0.5) is 0 Å². The minimum atomic E-state index is -1.12. The van der Waals surface area contributed by atoms with Crippen LogP contribution in [0.15, 0.2) is 23.1 Å². The maximum atomic E-state index is 11.8. The van der Waals surface area contributed by atoms with Gasteiger partial charge in [-0.2, -0.15) is 0 Å². The smallest absolute Gasteiger partial charge is 0.326 e. The van der Waals surface area contributed by atoms with E-state index >= 15 is 0 Å². The molecule has 1 heterocycles. The second-order valence-electron chi connectivity index (χ2n) is 4.37. The van der Waals surface area contributed by atoms with Gasteiger partial charge in [0.25, 0.3) is 11.5 Å². The van der Waals surface area contributed by atoms with Crippen LogP contribution in [-0.2, 0) is 11.8 Å². The van der Waals surface area contributed by atoms with Gasteiger partial charge < -0.3 is 15.0 Å². The largest absolute Gasteiger partial charge is 0.480 e. The van der Waals surface area contributed by atoms with Gasteiger partial charge in [-0.25, -0.2) is 4.79 Å². The molecule has 98 valence electrons. The maximum absolute atomic E-state index is 11.8. The fraction of sp³-hybridized carbons (Fsp3) is 0.417. The van der Waals surface area contributed by atoms with E-state index in [2.05, 4.69) is 5.32 Å². The molecule has 0 aliphatic heterocycles. The molecule has 0 fully saturated rings. The first-order chi connectivity index (χ1) is 8.34. The second-order valence-corrected chi connectivity index (χ2v) is 4.37. The van der Waals surface area contributed by atoms with E-state index in [0.29, 0.717) is 0 Å². The molecule has 0 aliphatic rings. The van der Waals surface area contributed by atoms with Crippen molar-refractivity contribution in [2.24, 2.45) is 13.0 Å². The van der Waals surface area contributed by atoms with Crippen LogP contribution in [0, 0.1) is 5.92 Å². The quantitative estimate of drug-likeness (QED) is 0.802. The van der Waals surface area contributed by atoms with E-state index in [9.17, 15) is 14.4 Å². The normalized spacial score (nSPS) is 12.2. The molecule has 1 aromatic rings. The van der Waals surface area contributed by atoms with Crippen LogP contribution in [0.5, 0.6) is 0 Å². The molecule has 2 N–H and O–H groups in total. The monoisotopic (exact) mass is 252 g/mol. The number of carboxylic acids is 1. The minimum absolute atomic E-state index is 0.0631. The van der Waals surface area contributed by atoms with Gasteiger partial charge in [0, 0.05) is 13.2 Å². The lowest BCUT2D eigenvalue weighted by molar-refractivity contribution is -0.140. The van der Waals surface area contributed by atoms with Crippen molar-refractivity contribution in [3.05, 3.63) is 34.2 Å². The van der Waals surface area contributed by atoms with E-state index < -0.39 is 23.5 Å². The Morgan fingerprint density at radius 1 is 1.39 bits per heavy atom. The second kappa shape index (κ2) is 5.48. The number of aliphatic carboxylic acids is 1. The summed E-state index contributed by atoms with van der Waals surface area (Å²) in [5.41, 5.74) is -0.519. The van der Waals surface area contributed by atoms with Crippen LogP contribution < -0.4 is 10.9 Å². The Balaban J connectivity index is 2.98. The van der Waals surface area contributed by atoms with Crippen molar-refractivity contribution in [1.29, 1.82) is 0 Å². The zero-order valence-electron chi connectivity index (χ0n) is 10.5. The lowest BCUT2D eigenvalue weighted by Crippen LogP contribution is -2.45. The fourth-order valence-corrected chi connectivity index (χ4v) is 1.50. The Morgan fingerprint density at radius 3 is 2.50 bits per heavy atom. The molecule has 1 unspecified atom stereocenters. The number of amides is 1. The van der Waals surface area contributed by atoms with E-state index in [-0.39, 0.29) is 11.5 Å². The molecule has 1 atom stereocenters. The predicted molar refractivity (Wildman–Crippen MR) is 65.4 cm³/mol. The van der Waals surface area contributed by atoms with E-state index in [1.807, 2.05) is 0 Å². The zero-order valence-corrected chi connectivity index (χ0v) is 10.5. The summed E-state index contributed by atoms with van der Waals surface area (Å²) in [7, 11) is 1.52. The number of hydrogen-bond acceptors (Lipinski definition) is 3. The Morgan fingerprint density at radius 2 is 2.00 bits per heavy atom. The summed E-state index contributed by atoms with van der Waals surface area (Å²) in [6.45, 7) is 3.37. The first kappa shape index (κ1) is 14.0. The van der Waals surface area contributed by atoms with Gasteiger partial charge >= 0.3 is 5.97 Å². The van der Waals surface area contributed by atoms with Gasteiger partial charge in [0.1, 0.15) is 11.6 Å². The highest BCUT2D eigenvalue weighted by atomic mass is 16.4. The molecule has 0 aliphatic carbocycles. The van der Waals surface area contributed by atoms with Crippen LogP contribution in [0.2, 0.25) is 0 Å². The van der Waals surface area contributed by atoms with Crippen molar-refractivity contribution < 1.29 is 14.7 Å². The average molecular weight is 252 g/mol. The molecule has 18 heavy (non-hydrogen) atoms. The number of carbonyl (C=O) groups is 2. The molecule has 0 bridgehead atoms. The number of pyridine rings is 1. The topological polar surface area (TPSA) is 88.4 Å². The fourth-order valence-electron chi connectivity index (χ4n) is 1.50. The Labute approximate surface area is 104 Å². The predicted octanol–water partition coefficient (Wildman–Crippen LogP) is 0.224. The molecule has 1 amide bonds. The highest BCUT2D eigenvalue weighted by Crippen LogP contribution is 2.03. The van der Waals surface area contributed by atoms with E-state index in [0.717, 1.165) is 0 Å². The summed E-state index contributed by atoms with van der Waals surface area (Å²) in [4.78, 5) is 34.5. The third-order valence-electron chi connectivity index (χ3n) is 2.59. The lowest BCUT2D eigenvalue weighted by Gasteiger charge is -2.17.